The third kappa shape index (κ3) is 1.91. The smallest absolute Gasteiger partial charge is 0.214 e. The monoisotopic (exact) mass is 240 g/mol. The van der Waals surface area contributed by atoms with E-state index in [4.69, 9.17) is 0 Å². The van der Waals surface area contributed by atoms with E-state index >= 15 is 0 Å². The first-order chi connectivity index (χ1) is 6.08. The lowest BCUT2D eigenvalue weighted by molar-refractivity contribution is 0.313. The lowest BCUT2D eigenvalue weighted by Gasteiger charge is -2.19. The van der Waals surface area contributed by atoms with Crippen molar-refractivity contribution in [1.82, 2.24) is 9.62 Å². The van der Waals surface area contributed by atoms with Crippen molar-refractivity contribution in [3.63, 3.8) is 0 Å². The van der Waals surface area contributed by atoms with E-state index in [1.807, 2.05) is 6.92 Å². The molecule has 0 amide bonds. The SMILES string of the molecule is CCN1CC2(CCNC2)CS1(=O)=O.Cl. The van der Waals surface area contributed by atoms with Crippen molar-refractivity contribution in [1.29, 1.82) is 0 Å². The Morgan fingerprint density at radius 3 is 2.64 bits per heavy atom. The highest BCUT2D eigenvalue weighted by Crippen LogP contribution is 2.35. The van der Waals surface area contributed by atoms with Gasteiger partial charge >= 0.3 is 0 Å². The maximum atomic E-state index is 11.7. The van der Waals surface area contributed by atoms with Gasteiger partial charge in [0.05, 0.1) is 5.75 Å². The van der Waals surface area contributed by atoms with Crippen molar-refractivity contribution in [2.24, 2.45) is 5.41 Å². The molecule has 1 spiro atoms. The first-order valence-electron chi connectivity index (χ1n) is 4.77. The van der Waals surface area contributed by atoms with Crippen LogP contribution in [0, 0.1) is 5.41 Å². The molecular weight excluding hydrogens is 224 g/mol. The Hall–Kier alpha value is 0.160. The summed E-state index contributed by atoms with van der Waals surface area (Å²) < 4.78 is 24.9. The second kappa shape index (κ2) is 3.96. The van der Waals surface area contributed by atoms with Crippen molar-refractivity contribution in [3.8, 4) is 0 Å². The fourth-order valence-corrected chi connectivity index (χ4v) is 4.52. The highest BCUT2D eigenvalue weighted by atomic mass is 35.5. The minimum absolute atomic E-state index is 0. The Balaban J connectivity index is 0.000000980. The van der Waals surface area contributed by atoms with Gasteiger partial charge in [-0.05, 0) is 13.0 Å². The highest BCUT2D eigenvalue weighted by Gasteiger charge is 2.48. The van der Waals surface area contributed by atoms with E-state index in [9.17, 15) is 8.42 Å². The van der Waals surface area contributed by atoms with E-state index in [1.54, 1.807) is 4.31 Å². The number of nitrogens with one attached hydrogen (secondary N) is 1. The van der Waals surface area contributed by atoms with Gasteiger partial charge in [-0.25, -0.2) is 12.7 Å². The molecule has 0 saturated carbocycles. The summed E-state index contributed by atoms with van der Waals surface area (Å²) in [6.07, 6.45) is 1.00. The van der Waals surface area contributed by atoms with Gasteiger partial charge in [-0.2, -0.15) is 0 Å². The zero-order valence-corrected chi connectivity index (χ0v) is 9.96. The van der Waals surface area contributed by atoms with E-state index in [0.717, 1.165) is 26.1 Å². The fourth-order valence-electron chi connectivity index (χ4n) is 2.36. The van der Waals surface area contributed by atoms with Crippen LogP contribution in [0.3, 0.4) is 0 Å². The van der Waals surface area contributed by atoms with E-state index in [0.29, 0.717) is 12.3 Å². The molecular formula is C8H17ClN2O2S. The fraction of sp³-hybridized carbons (Fsp3) is 1.00. The van der Waals surface area contributed by atoms with Crippen LogP contribution < -0.4 is 5.32 Å². The predicted molar refractivity (Wildman–Crippen MR) is 58.2 cm³/mol. The van der Waals surface area contributed by atoms with E-state index in [2.05, 4.69) is 5.32 Å². The Bertz CT molecular complexity index is 298. The zero-order chi connectivity index (χ0) is 9.53. The molecule has 0 aliphatic carbocycles. The van der Waals surface area contributed by atoms with Gasteiger partial charge in [0.25, 0.3) is 0 Å². The Labute approximate surface area is 91.5 Å². The van der Waals surface area contributed by atoms with Crippen LogP contribution in [0.15, 0.2) is 0 Å². The van der Waals surface area contributed by atoms with Crippen molar-refractivity contribution in [2.75, 3.05) is 31.9 Å². The molecule has 2 heterocycles. The molecule has 0 aromatic rings. The van der Waals surface area contributed by atoms with Crippen LogP contribution in [0.4, 0.5) is 0 Å². The maximum absolute atomic E-state index is 11.7. The van der Waals surface area contributed by atoms with Gasteiger partial charge in [0, 0.05) is 25.0 Å². The molecule has 1 atom stereocenters. The van der Waals surface area contributed by atoms with Crippen molar-refractivity contribution in [2.45, 2.75) is 13.3 Å². The number of rotatable bonds is 1. The van der Waals surface area contributed by atoms with Crippen LogP contribution in [0.5, 0.6) is 0 Å². The van der Waals surface area contributed by atoms with Crippen LogP contribution in [0.1, 0.15) is 13.3 Å². The van der Waals surface area contributed by atoms with Gasteiger partial charge in [-0.15, -0.1) is 12.4 Å². The number of halogens is 1. The Morgan fingerprint density at radius 1 is 1.50 bits per heavy atom. The summed E-state index contributed by atoms with van der Waals surface area (Å²) in [6.45, 7) is 5.07. The third-order valence-corrected chi connectivity index (χ3v) is 5.23. The van der Waals surface area contributed by atoms with Crippen molar-refractivity contribution >= 4 is 22.4 Å². The molecule has 1 N–H and O–H groups in total. The van der Waals surface area contributed by atoms with Crippen LogP contribution in [0.2, 0.25) is 0 Å². The number of nitrogens with zero attached hydrogens (tertiary/aromatic N) is 1. The molecule has 2 saturated heterocycles. The molecule has 2 rings (SSSR count). The molecule has 14 heavy (non-hydrogen) atoms. The minimum Gasteiger partial charge on any atom is -0.316 e. The summed E-state index contributed by atoms with van der Waals surface area (Å²) in [7, 11) is -2.94. The lowest BCUT2D eigenvalue weighted by atomic mass is 9.90. The minimum atomic E-state index is -2.94. The van der Waals surface area contributed by atoms with Crippen LogP contribution >= 0.6 is 12.4 Å². The third-order valence-electron chi connectivity index (χ3n) is 3.08. The summed E-state index contributed by atoms with van der Waals surface area (Å²) in [5.41, 5.74) is 0.0227. The predicted octanol–water partition coefficient (Wildman–Crippen LogP) is 0.0532. The number of hydrogen-bond acceptors (Lipinski definition) is 3. The molecule has 0 aromatic carbocycles. The summed E-state index contributed by atoms with van der Waals surface area (Å²) in [4.78, 5) is 0. The van der Waals surface area contributed by atoms with Gasteiger partial charge in [0.15, 0.2) is 0 Å². The molecule has 0 bridgehead atoms. The molecule has 1 unspecified atom stereocenters. The number of hydrogen-bond donors (Lipinski definition) is 1. The lowest BCUT2D eigenvalue weighted by Crippen LogP contribution is -2.30. The largest absolute Gasteiger partial charge is 0.316 e. The first kappa shape index (κ1) is 12.2. The quantitative estimate of drug-likeness (QED) is 0.705. The van der Waals surface area contributed by atoms with Gasteiger partial charge in [0.2, 0.25) is 10.0 Å². The second-order valence-corrected chi connectivity index (χ2v) is 6.08. The molecule has 2 aliphatic heterocycles. The summed E-state index contributed by atoms with van der Waals surface area (Å²) >= 11 is 0. The molecule has 0 radical (unpaired) electrons. The first-order valence-corrected chi connectivity index (χ1v) is 6.37. The molecule has 4 nitrogen and oxygen atoms in total. The molecule has 0 aromatic heterocycles. The standard InChI is InChI=1S/C8H16N2O2S.ClH/c1-2-10-6-8(3-4-9-5-8)7-13(10,11)12;/h9H,2-7H2,1H3;1H. The highest BCUT2D eigenvalue weighted by molar-refractivity contribution is 7.89. The zero-order valence-electron chi connectivity index (χ0n) is 8.32. The Morgan fingerprint density at radius 2 is 2.21 bits per heavy atom. The van der Waals surface area contributed by atoms with E-state index in [-0.39, 0.29) is 17.8 Å². The Kier molecular flexibility index (Phi) is 3.46. The second-order valence-electron chi connectivity index (χ2n) is 4.11. The van der Waals surface area contributed by atoms with Gasteiger partial charge < -0.3 is 5.32 Å². The van der Waals surface area contributed by atoms with Gasteiger partial charge in [0.1, 0.15) is 0 Å². The number of sulfonamides is 1. The normalized spacial score (nSPS) is 36.1. The summed E-state index contributed by atoms with van der Waals surface area (Å²) in [5.74, 6) is 0.348. The molecule has 84 valence electrons. The average molecular weight is 241 g/mol. The maximum Gasteiger partial charge on any atom is 0.214 e. The molecule has 6 heteroatoms. The van der Waals surface area contributed by atoms with Crippen LogP contribution in [-0.4, -0.2) is 44.7 Å². The summed E-state index contributed by atoms with van der Waals surface area (Å²) in [6, 6.07) is 0. The molecule has 2 aliphatic rings. The van der Waals surface area contributed by atoms with Crippen LogP contribution in [0.25, 0.3) is 0 Å². The molecule has 2 fully saturated rings. The topological polar surface area (TPSA) is 49.4 Å². The van der Waals surface area contributed by atoms with Gasteiger partial charge in [-0.1, -0.05) is 6.92 Å². The van der Waals surface area contributed by atoms with Crippen molar-refractivity contribution < 1.29 is 8.42 Å². The average Bonchev–Trinajstić information content (AvgIpc) is 2.57. The van der Waals surface area contributed by atoms with Gasteiger partial charge in [-0.3, -0.25) is 0 Å². The van der Waals surface area contributed by atoms with Crippen LogP contribution in [-0.2, 0) is 10.0 Å². The van der Waals surface area contributed by atoms with E-state index in [1.165, 1.54) is 0 Å². The van der Waals surface area contributed by atoms with Crippen molar-refractivity contribution in [3.05, 3.63) is 0 Å². The summed E-state index contributed by atoms with van der Waals surface area (Å²) in [5, 5.41) is 3.25. The van der Waals surface area contributed by atoms with E-state index < -0.39 is 10.0 Å².